The van der Waals surface area contributed by atoms with Crippen LogP contribution >= 0.6 is 0 Å². The van der Waals surface area contributed by atoms with Crippen molar-refractivity contribution in [3.05, 3.63) is 71.0 Å². The molecule has 0 aliphatic heterocycles. The molecule has 0 radical (unpaired) electrons. The minimum absolute atomic E-state index is 0.0400. The third-order valence-electron chi connectivity index (χ3n) is 3.93. The molecule has 2 aromatic rings. The fourth-order valence-electron chi connectivity index (χ4n) is 2.41. The first kappa shape index (κ1) is 19.1. The SMILES string of the molecule is CC(C)(O)CCc1cccc(C(=O)NCC(O)c2ccc(F)cc2)c1. The molecule has 0 fully saturated rings. The summed E-state index contributed by atoms with van der Waals surface area (Å²) in [6.07, 6.45) is 0.368. The summed E-state index contributed by atoms with van der Waals surface area (Å²) < 4.78 is 12.9. The molecular formula is C20H24FNO3. The number of rotatable bonds is 7. The Bertz CT molecular complexity index is 708. The van der Waals surface area contributed by atoms with E-state index in [9.17, 15) is 19.4 Å². The van der Waals surface area contributed by atoms with E-state index in [2.05, 4.69) is 5.32 Å². The summed E-state index contributed by atoms with van der Waals surface area (Å²) >= 11 is 0. The lowest BCUT2D eigenvalue weighted by Gasteiger charge is -2.17. The first-order valence-corrected chi connectivity index (χ1v) is 8.28. The fourth-order valence-corrected chi connectivity index (χ4v) is 2.41. The van der Waals surface area contributed by atoms with Crippen LogP contribution in [0.15, 0.2) is 48.5 Å². The number of carbonyl (C=O) groups excluding carboxylic acids is 1. The van der Waals surface area contributed by atoms with Gasteiger partial charge in [0.15, 0.2) is 0 Å². The quantitative estimate of drug-likeness (QED) is 0.722. The van der Waals surface area contributed by atoms with Crippen molar-refractivity contribution in [3.8, 4) is 0 Å². The molecular weight excluding hydrogens is 321 g/mol. The van der Waals surface area contributed by atoms with E-state index in [1.54, 1.807) is 32.0 Å². The molecule has 1 amide bonds. The van der Waals surface area contributed by atoms with E-state index in [-0.39, 0.29) is 18.3 Å². The van der Waals surface area contributed by atoms with Gasteiger partial charge in [-0.05, 0) is 62.1 Å². The molecule has 4 nitrogen and oxygen atoms in total. The molecule has 0 bridgehead atoms. The summed E-state index contributed by atoms with van der Waals surface area (Å²) in [4.78, 5) is 12.3. The summed E-state index contributed by atoms with van der Waals surface area (Å²) in [7, 11) is 0. The van der Waals surface area contributed by atoms with E-state index in [4.69, 9.17) is 0 Å². The van der Waals surface area contributed by atoms with Crippen molar-refractivity contribution in [3.63, 3.8) is 0 Å². The van der Waals surface area contributed by atoms with Gasteiger partial charge in [0.1, 0.15) is 5.82 Å². The van der Waals surface area contributed by atoms with Crippen LogP contribution in [-0.2, 0) is 6.42 Å². The number of carbonyl (C=O) groups is 1. The first-order chi connectivity index (χ1) is 11.7. The van der Waals surface area contributed by atoms with Crippen LogP contribution < -0.4 is 5.32 Å². The summed E-state index contributed by atoms with van der Waals surface area (Å²) in [5.74, 6) is -0.658. The Labute approximate surface area is 147 Å². The topological polar surface area (TPSA) is 69.6 Å². The van der Waals surface area contributed by atoms with Crippen LogP contribution in [-0.4, -0.2) is 28.3 Å². The van der Waals surface area contributed by atoms with Gasteiger partial charge in [-0.2, -0.15) is 0 Å². The summed E-state index contributed by atoms with van der Waals surface area (Å²) in [5, 5.41) is 22.5. The van der Waals surface area contributed by atoms with Gasteiger partial charge in [0.05, 0.1) is 11.7 Å². The number of aryl methyl sites for hydroxylation is 1. The van der Waals surface area contributed by atoms with E-state index in [0.717, 1.165) is 5.56 Å². The summed E-state index contributed by atoms with van der Waals surface area (Å²) in [5.41, 5.74) is 1.26. The standard InChI is InChI=1S/C20H24FNO3/c1-20(2,25)11-10-14-4-3-5-16(12-14)19(24)22-13-18(23)15-6-8-17(21)9-7-15/h3-9,12,18,23,25H,10-11,13H2,1-2H3,(H,22,24). The molecule has 0 saturated heterocycles. The molecule has 5 heteroatoms. The van der Waals surface area contributed by atoms with E-state index in [0.29, 0.717) is 24.0 Å². The van der Waals surface area contributed by atoms with Gasteiger partial charge >= 0.3 is 0 Å². The Morgan fingerprint density at radius 1 is 1.20 bits per heavy atom. The second kappa shape index (κ2) is 8.23. The number of amides is 1. The van der Waals surface area contributed by atoms with E-state index in [1.165, 1.54) is 24.3 Å². The lowest BCUT2D eigenvalue weighted by molar-refractivity contribution is 0.0714. The minimum atomic E-state index is -0.900. The van der Waals surface area contributed by atoms with Crippen LogP contribution in [0, 0.1) is 5.82 Å². The molecule has 0 aliphatic carbocycles. The smallest absolute Gasteiger partial charge is 0.251 e. The molecule has 25 heavy (non-hydrogen) atoms. The average Bonchev–Trinajstić information content (AvgIpc) is 2.58. The van der Waals surface area contributed by atoms with Crippen LogP contribution in [0.4, 0.5) is 4.39 Å². The van der Waals surface area contributed by atoms with Gasteiger partial charge in [-0.15, -0.1) is 0 Å². The fraction of sp³-hybridized carbons (Fsp3) is 0.350. The summed E-state index contributed by atoms with van der Waals surface area (Å²) in [6, 6.07) is 12.7. The second-order valence-corrected chi connectivity index (χ2v) is 6.79. The maximum absolute atomic E-state index is 12.9. The highest BCUT2D eigenvalue weighted by Crippen LogP contribution is 2.15. The van der Waals surface area contributed by atoms with Crippen LogP contribution in [0.25, 0.3) is 0 Å². The third kappa shape index (κ3) is 6.29. The van der Waals surface area contributed by atoms with Crippen molar-refractivity contribution in [2.24, 2.45) is 0 Å². The molecule has 134 valence electrons. The van der Waals surface area contributed by atoms with Crippen LogP contribution in [0.1, 0.15) is 47.9 Å². The van der Waals surface area contributed by atoms with Crippen LogP contribution in [0.3, 0.4) is 0 Å². The molecule has 0 aromatic heterocycles. The number of benzene rings is 2. The zero-order valence-corrected chi connectivity index (χ0v) is 14.5. The molecule has 0 aliphatic rings. The number of hydrogen-bond acceptors (Lipinski definition) is 3. The highest BCUT2D eigenvalue weighted by molar-refractivity contribution is 5.94. The normalized spacial score (nSPS) is 12.7. The van der Waals surface area contributed by atoms with Gasteiger partial charge < -0.3 is 15.5 Å². The highest BCUT2D eigenvalue weighted by atomic mass is 19.1. The Balaban J connectivity index is 1.93. The maximum atomic E-state index is 12.9. The van der Waals surface area contributed by atoms with Crippen molar-refractivity contribution in [2.75, 3.05) is 6.54 Å². The lowest BCUT2D eigenvalue weighted by Crippen LogP contribution is -2.28. The van der Waals surface area contributed by atoms with E-state index < -0.39 is 11.7 Å². The predicted molar refractivity (Wildman–Crippen MR) is 94.8 cm³/mol. The van der Waals surface area contributed by atoms with Gasteiger partial charge in [0, 0.05) is 12.1 Å². The summed E-state index contributed by atoms with van der Waals surface area (Å²) in [6.45, 7) is 3.54. The third-order valence-corrected chi connectivity index (χ3v) is 3.93. The van der Waals surface area contributed by atoms with E-state index >= 15 is 0 Å². The van der Waals surface area contributed by atoms with Gasteiger partial charge in [-0.3, -0.25) is 4.79 Å². The molecule has 1 unspecified atom stereocenters. The molecule has 1 atom stereocenters. The van der Waals surface area contributed by atoms with Gasteiger partial charge in [0.2, 0.25) is 0 Å². The maximum Gasteiger partial charge on any atom is 0.251 e. The Morgan fingerprint density at radius 3 is 2.52 bits per heavy atom. The zero-order valence-electron chi connectivity index (χ0n) is 14.5. The molecule has 2 aromatic carbocycles. The van der Waals surface area contributed by atoms with Gasteiger partial charge in [-0.1, -0.05) is 24.3 Å². The first-order valence-electron chi connectivity index (χ1n) is 8.28. The van der Waals surface area contributed by atoms with Crippen molar-refractivity contribution in [2.45, 2.75) is 38.4 Å². The van der Waals surface area contributed by atoms with Crippen molar-refractivity contribution >= 4 is 5.91 Å². The molecule has 2 rings (SSSR count). The largest absolute Gasteiger partial charge is 0.390 e. The average molecular weight is 345 g/mol. The number of halogens is 1. The zero-order chi connectivity index (χ0) is 18.4. The number of aliphatic hydroxyl groups is 2. The van der Waals surface area contributed by atoms with Gasteiger partial charge in [0.25, 0.3) is 5.91 Å². The number of hydrogen-bond donors (Lipinski definition) is 3. The molecule has 0 spiro atoms. The van der Waals surface area contributed by atoms with Crippen LogP contribution in [0.5, 0.6) is 0 Å². The number of aliphatic hydroxyl groups excluding tert-OH is 1. The molecule has 0 heterocycles. The Kier molecular flexibility index (Phi) is 6.28. The molecule has 3 N–H and O–H groups in total. The van der Waals surface area contributed by atoms with Gasteiger partial charge in [-0.25, -0.2) is 4.39 Å². The van der Waals surface area contributed by atoms with Crippen molar-refractivity contribution in [1.29, 1.82) is 0 Å². The highest BCUT2D eigenvalue weighted by Gasteiger charge is 2.14. The van der Waals surface area contributed by atoms with Crippen molar-refractivity contribution < 1.29 is 19.4 Å². The second-order valence-electron chi connectivity index (χ2n) is 6.79. The Morgan fingerprint density at radius 2 is 1.88 bits per heavy atom. The van der Waals surface area contributed by atoms with Crippen molar-refractivity contribution in [1.82, 2.24) is 5.32 Å². The minimum Gasteiger partial charge on any atom is -0.390 e. The predicted octanol–water partition coefficient (Wildman–Crippen LogP) is 2.99. The Hall–Kier alpha value is -2.24. The number of nitrogens with one attached hydrogen (secondary N) is 1. The lowest BCUT2D eigenvalue weighted by atomic mass is 9.98. The monoisotopic (exact) mass is 345 g/mol. The van der Waals surface area contributed by atoms with E-state index in [1.807, 2.05) is 6.07 Å². The molecule has 0 saturated carbocycles. The van der Waals surface area contributed by atoms with Crippen LogP contribution in [0.2, 0.25) is 0 Å².